The van der Waals surface area contributed by atoms with E-state index >= 15 is 0 Å². The number of nitrogens with zero attached hydrogens (tertiary/aromatic N) is 3. The van der Waals surface area contributed by atoms with Gasteiger partial charge in [-0.25, -0.2) is 9.97 Å². The first kappa shape index (κ1) is 7.73. The summed E-state index contributed by atoms with van der Waals surface area (Å²) in [5, 5.41) is 0. The highest BCUT2D eigenvalue weighted by molar-refractivity contribution is 5.76. The van der Waals surface area contributed by atoms with Crippen molar-refractivity contribution in [2.75, 3.05) is 5.73 Å². The predicted molar refractivity (Wildman–Crippen MR) is 52.8 cm³/mol. The molecular formula is C9H11N5. The van der Waals surface area contributed by atoms with Crippen LogP contribution in [0.5, 0.6) is 0 Å². The number of H-pyrrole nitrogens is 1. The molecule has 0 radical (unpaired) electrons. The lowest BCUT2D eigenvalue weighted by Crippen LogP contribution is -1.95. The fraction of sp³-hybridized carbons (Fsp3) is 0.444. The second-order valence-corrected chi connectivity index (χ2v) is 3.75. The van der Waals surface area contributed by atoms with E-state index in [1.54, 1.807) is 0 Å². The highest BCUT2D eigenvalue weighted by atomic mass is 15.1. The number of nitrogen functional groups attached to an aromatic ring is 1. The molecule has 0 spiro atoms. The van der Waals surface area contributed by atoms with Crippen LogP contribution < -0.4 is 5.73 Å². The zero-order valence-electron chi connectivity index (χ0n) is 7.91. The van der Waals surface area contributed by atoms with E-state index in [4.69, 9.17) is 5.73 Å². The molecule has 3 N–H and O–H groups in total. The Morgan fingerprint density at radius 3 is 2.79 bits per heavy atom. The van der Waals surface area contributed by atoms with Gasteiger partial charge in [-0.05, 0) is 19.8 Å². The topological polar surface area (TPSA) is 80.5 Å². The van der Waals surface area contributed by atoms with Gasteiger partial charge in [-0.1, -0.05) is 0 Å². The predicted octanol–water partition coefficient (Wildman–Crippen LogP) is 1.12. The Labute approximate surface area is 80.8 Å². The van der Waals surface area contributed by atoms with Crippen LogP contribution in [0.2, 0.25) is 0 Å². The smallest absolute Gasteiger partial charge is 0.200 e. The van der Waals surface area contributed by atoms with Crippen LogP contribution in [0.25, 0.3) is 11.2 Å². The van der Waals surface area contributed by atoms with Gasteiger partial charge in [-0.15, -0.1) is 0 Å². The minimum Gasteiger partial charge on any atom is -0.369 e. The van der Waals surface area contributed by atoms with Gasteiger partial charge in [0.2, 0.25) is 0 Å². The van der Waals surface area contributed by atoms with E-state index in [-0.39, 0.29) is 0 Å². The number of aromatic amines is 1. The summed E-state index contributed by atoms with van der Waals surface area (Å²) in [7, 11) is 0. The van der Waals surface area contributed by atoms with Gasteiger partial charge < -0.3 is 10.7 Å². The summed E-state index contributed by atoms with van der Waals surface area (Å²) in [5.74, 6) is 1.77. The summed E-state index contributed by atoms with van der Waals surface area (Å²) >= 11 is 0. The first-order chi connectivity index (χ1) is 6.74. The van der Waals surface area contributed by atoms with Crippen molar-refractivity contribution < 1.29 is 0 Å². The fourth-order valence-electron chi connectivity index (χ4n) is 1.70. The molecule has 0 unspecified atom stereocenters. The number of fused-ring (bicyclic) bond motifs is 1. The molecule has 1 aliphatic rings. The van der Waals surface area contributed by atoms with E-state index in [9.17, 15) is 0 Å². The van der Waals surface area contributed by atoms with Gasteiger partial charge >= 0.3 is 0 Å². The van der Waals surface area contributed by atoms with Crippen molar-refractivity contribution in [2.45, 2.75) is 25.7 Å². The first-order valence-electron chi connectivity index (χ1n) is 4.74. The third-order valence-electron chi connectivity index (χ3n) is 2.47. The molecule has 0 bridgehead atoms. The van der Waals surface area contributed by atoms with Crippen molar-refractivity contribution >= 4 is 17.1 Å². The second kappa shape index (κ2) is 2.43. The van der Waals surface area contributed by atoms with Crippen LogP contribution in [-0.2, 0) is 0 Å². The molecule has 1 aliphatic carbocycles. The molecule has 5 nitrogen and oxygen atoms in total. The van der Waals surface area contributed by atoms with Crippen LogP contribution in [-0.4, -0.2) is 19.9 Å². The van der Waals surface area contributed by atoms with Crippen LogP contribution in [0.4, 0.5) is 5.95 Å². The summed E-state index contributed by atoms with van der Waals surface area (Å²) in [6.45, 7) is 1.89. The summed E-state index contributed by atoms with van der Waals surface area (Å²) in [5.41, 5.74) is 8.28. The average molecular weight is 189 g/mol. The molecule has 2 heterocycles. The van der Waals surface area contributed by atoms with Gasteiger partial charge in [0.1, 0.15) is 11.3 Å². The molecule has 2 aromatic rings. The molecule has 5 heteroatoms. The Morgan fingerprint density at radius 2 is 2.07 bits per heavy atom. The van der Waals surface area contributed by atoms with Crippen LogP contribution in [0.15, 0.2) is 0 Å². The highest BCUT2D eigenvalue weighted by Crippen LogP contribution is 2.41. The third kappa shape index (κ3) is 1.05. The number of anilines is 1. The van der Waals surface area contributed by atoms with Crippen LogP contribution in [0.1, 0.15) is 30.3 Å². The number of nitrogens with one attached hydrogen (secondary N) is 1. The van der Waals surface area contributed by atoms with Crippen molar-refractivity contribution in [3.63, 3.8) is 0 Å². The quantitative estimate of drug-likeness (QED) is 0.704. The van der Waals surface area contributed by atoms with E-state index in [1.807, 2.05) is 6.92 Å². The fourth-order valence-corrected chi connectivity index (χ4v) is 1.70. The third-order valence-corrected chi connectivity index (χ3v) is 2.47. The number of imidazole rings is 1. The van der Waals surface area contributed by atoms with E-state index in [0.717, 1.165) is 17.0 Å². The Kier molecular flexibility index (Phi) is 1.34. The largest absolute Gasteiger partial charge is 0.369 e. The molecule has 3 rings (SSSR count). The first-order valence-corrected chi connectivity index (χ1v) is 4.74. The zero-order valence-corrected chi connectivity index (χ0v) is 7.91. The lowest BCUT2D eigenvalue weighted by molar-refractivity contribution is 0.965. The van der Waals surface area contributed by atoms with Crippen molar-refractivity contribution in [1.82, 2.24) is 19.9 Å². The number of nitrogens with two attached hydrogens (primary N) is 1. The Bertz CT molecular complexity index is 497. The number of rotatable bonds is 1. The van der Waals surface area contributed by atoms with E-state index in [2.05, 4.69) is 19.9 Å². The molecule has 0 aliphatic heterocycles. The summed E-state index contributed by atoms with van der Waals surface area (Å²) < 4.78 is 0. The minimum absolute atomic E-state index is 0.418. The Balaban J connectivity index is 2.33. The molecule has 1 fully saturated rings. The number of hydrogen-bond acceptors (Lipinski definition) is 4. The van der Waals surface area contributed by atoms with Crippen LogP contribution >= 0.6 is 0 Å². The average Bonchev–Trinajstić information content (AvgIpc) is 2.87. The van der Waals surface area contributed by atoms with Crippen molar-refractivity contribution in [1.29, 1.82) is 0 Å². The second-order valence-electron chi connectivity index (χ2n) is 3.75. The monoisotopic (exact) mass is 189 g/mol. The number of aromatic nitrogens is 4. The summed E-state index contributed by atoms with van der Waals surface area (Å²) in [6.07, 6.45) is 2.43. The SMILES string of the molecule is Cc1nc(C2CC2)c2[nH]c(N)nc2n1. The molecule has 1 saturated carbocycles. The summed E-state index contributed by atoms with van der Waals surface area (Å²) in [4.78, 5) is 15.8. The van der Waals surface area contributed by atoms with Crippen molar-refractivity contribution in [3.05, 3.63) is 11.5 Å². The Hall–Kier alpha value is -1.65. The van der Waals surface area contributed by atoms with E-state index in [0.29, 0.717) is 17.5 Å². The van der Waals surface area contributed by atoms with Crippen molar-refractivity contribution in [3.8, 4) is 0 Å². The van der Waals surface area contributed by atoms with Gasteiger partial charge in [-0.2, -0.15) is 4.98 Å². The Morgan fingerprint density at radius 1 is 1.29 bits per heavy atom. The van der Waals surface area contributed by atoms with Gasteiger partial charge in [0.05, 0.1) is 5.69 Å². The van der Waals surface area contributed by atoms with Crippen LogP contribution in [0, 0.1) is 6.92 Å². The molecule has 0 atom stereocenters. The van der Waals surface area contributed by atoms with Gasteiger partial charge in [0.15, 0.2) is 11.6 Å². The van der Waals surface area contributed by atoms with Gasteiger partial charge in [0, 0.05) is 5.92 Å². The maximum atomic E-state index is 5.60. The van der Waals surface area contributed by atoms with Crippen LogP contribution in [0.3, 0.4) is 0 Å². The lowest BCUT2D eigenvalue weighted by atomic mass is 10.2. The van der Waals surface area contributed by atoms with E-state index < -0.39 is 0 Å². The molecule has 0 saturated heterocycles. The number of aryl methyl sites for hydroxylation is 1. The minimum atomic E-state index is 0.418. The zero-order chi connectivity index (χ0) is 9.71. The summed E-state index contributed by atoms with van der Waals surface area (Å²) in [6, 6.07) is 0. The standard InChI is InChI=1S/C9H11N5/c1-4-11-6(5-2-3-5)7-8(12-4)14-9(10)13-7/h5H,2-3H2,1H3,(H3,10,11,12,13,14). The number of hydrogen-bond donors (Lipinski definition) is 2. The van der Waals surface area contributed by atoms with Gasteiger partial charge in [0.25, 0.3) is 0 Å². The maximum Gasteiger partial charge on any atom is 0.200 e. The molecule has 0 aromatic carbocycles. The lowest BCUT2D eigenvalue weighted by Gasteiger charge is -1.99. The molecule has 0 amide bonds. The van der Waals surface area contributed by atoms with Crippen molar-refractivity contribution in [2.24, 2.45) is 0 Å². The molecule has 72 valence electrons. The maximum absolute atomic E-state index is 5.60. The molecular weight excluding hydrogens is 178 g/mol. The van der Waals surface area contributed by atoms with E-state index in [1.165, 1.54) is 12.8 Å². The molecule has 14 heavy (non-hydrogen) atoms. The normalized spacial score (nSPS) is 16.4. The molecule has 2 aromatic heterocycles. The van der Waals surface area contributed by atoms with Gasteiger partial charge in [-0.3, -0.25) is 0 Å². The highest BCUT2D eigenvalue weighted by Gasteiger charge is 2.28.